The average molecular weight is 494 g/mol. The molecular weight excluding hydrogens is 450 g/mol. The van der Waals surface area contributed by atoms with E-state index in [4.69, 9.17) is 14.2 Å². The van der Waals surface area contributed by atoms with Crippen molar-refractivity contribution in [1.82, 2.24) is 4.90 Å². The van der Waals surface area contributed by atoms with Crippen LogP contribution >= 0.6 is 0 Å². The third-order valence-corrected chi connectivity index (χ3v) is 12.5. The summed E-state index contributed by atoms with van der Waals surface area (Å²) in [6.07, 6.45) is 14.2. The van der Waals surface area contributed by atoms with Crippen LogP contribution in [0.5, 0.6) is 11.5 Å². The molecule has 0 amide bonds. The van der Waals surface area contributed by atoms with Gasteiger partial charge in [-0.05, 0) is 87.8 Å². The molecule has 5 saturated carbocycles. The topological polar surface area (TPSA) is 51.2 Å². The Bertz CT molecular complexity index is 1060. The first-order chi connectivity index (χ1) is 17.6. The van der Waals surface area contributed by atoms with Gasteiger partial charge in [0.1, 0.15) is 11.7 Å². The van der Waals surface area contributed by atoms with Crippen LogP contribution in [0.2, 0.25) is 0 Å². The van der Waals surface area contributed by atoms with Crippen molar-refractivity contribution in [3.8, 4) is 11.5 Å². The van der Waals surface area contributed by atoms with E-state index < -0.39 is 5.60 Å². The zero-order valence-corrected chi connectivity index (χ0v) is 22.1. The molecule has 2 aliphatic heterocycles. The van der Waals surface area contributed by atoms with Crippen LogP contribution in [-0.4, -0.2) is 61.2 Å². The molecule has 6 aliphatic carbocycles. The Morgan fingerprint density at radius 1 is 1.08 bits per heavy atom. The smallest absolute Gasteiger partial charge is 0.165 e. The summed E-state index contributed by atoms with van der Waals surface area (Å²) in [6, 6.07) is 5.01. The van der Waals surface area contributed by atoms with E-state index in [-0.39, 0.29) is 29.0 Å². The number of benzene rings is 1. The molecule has 36 heavy (non-hydrogen) atoms. The second-order valence-corrected chi connectivity index (χ2v) is 13.5. The Morgan fingerprint density at radius 3 is 2.67 bits per heavy atom. The van der Waals surface area contributed by atoms with Crippen molar-refractivity contribution in [3.63, 3.8) is 0 Å². The Morgan fingerprint density at radius 2 is 1.92 bits per heavy atom. The lowest BCUT2D eigenvalue weighted by atomic mass is 9.34. The minimum Gasteiger partial charge on any atom is -0.493 e. The second-order valence-electron chi connectivity index (χ2n) is 13.5. The lowest BCUT2D eigenvalue weighted by molar-refractivity contribution is -0.293. The maximum atomic E-state index is 12.1. The monoisotopic (exact) mass is 493 g/mol. The highest BCUT2D eigenvalue weighted by Crippen LogP contribution is 2.77. The fourth-order valence-corrected chi connectivity index (χ4v) is 10.8. The Balaban J connectivity index is 1.31. The van der Waals surface area contributed by atoms with Crippen LogP contribution in [0, 0.1) is 23.2 Å². The molecule has 5 nitrogen and oxygen atoms in total. The van der Waals surface area contributed by atoms with E-state index in [1.165, 1.54) is 56.2 Å². The zero-order chi connectivity index (χ0) is 24.3. The van der Waals surface area contributed by atoms with E-state index in [0.29, 0.717) is 12.0 Å². The minimum absolute atomic E-state index is 0.0216. The molecule has 5 heteroatoms. The number of hydrogen-bond donors (Lipinski definition) is 1. The molecule has 9 rings (SSSR count). The molecule has 1 saturated heterocycles. The predicted octanol–water partition coefficient (Wildman–Crippen LogP) is 4.86. The summed E-state index contributed by atoms with van der Waals surface area (Å²) < 4.78 is 19.7. The summed E-state index contributed by atoms with van der Waals surface area (Å²) in [5, 5.41) is 12.1. The molecule has 0 radical (unpaired) electrons. The van der Waals surface area contributed by atoms with Crippen molar-refractivity contribution in [2.24, 2.45) is 23.2 Å². The number of piperidine rings is 1. The van der Waals surface area contributed by atoms with E-state index in [2.05, 4.69) is 17.0 Å². The number of likely N-dealkylation sites (tertiary alicyclic amines) is 1. The first-order valence-electron chi connectivity index (χ1n) is 14.9. The molecule has 4 bridgehead atoms. The molecule has 1 aromatic carbocycles. The van der Waals surface area contributed by atoms with Crippen molar-refractivity contribution in [2.45, 2.75) is 106 Å². The number of methoxy groups -OCH3 is 2. The predicted molar refractivity (Wildman–Crippen MR) is 138 cm³/mol. The van der Waals surface area contributed by atoms with Gasteiger partial charge in [0.2, 0.25) is 0 Å². The van der Waals surface area contributed by atoms with Gasteiger partial charge < -0.3 is 19.3 Å². The summed E-state index contributed by atoms with van der Waals surface area (Å²) in [6.45, 7) is 2.42. The summed E-state index contributed by atoms with van der Waals surface area (Å²) in [5.74, 6) is 3.31. The van der Waals surface area contributed by atoms with Gasteiger partial charge >= 0.3 is 0 Å². The van der Waals surface area contributed by atoms with Crippen LogP contribution in [0.1, 0.15) is 81.8 Å². The summed E-state index contributed by atoms with van der Waals surface area (Å²) in [4.78, 5) is 2.89. The number of rotatable bonds is 6. The molecule has 1 N–H and O–H groups in total. The largest absolute Gasteiger partial charge is 0.493 e. The average Bonchev–Trinajstić information content (AvgIpc) is 3.67. The van der Waals surface area contributed by atoms with E-state index >= 15 is 0 Å². The van der Waals surface area contributed by atoms with Crippen LogP contribution in [0.15, 0.2) is 12.1 Å². The van der Waals surface area contributed by atoms with Crippen LogP contribution < -0.4 is 9.47 Å². The lowest BCUT2D eigenvalue weighted by Crippen LogP contribution is -2.82. The van der Waals surface area contributed by atoms with Crippen molar-refractivity contribution in [2.75, 3.05) is 27.3 Å². The number of fused-ring (bicyclic) bond motifs is 2. The van der Waals surface area contributed by atoms with E-state index in [0.717, 1.165) is 62.5 Å². The van der Waals surface area contributed by atoms with Crippen molar-refractivity contribution < 1.29 is 19.3 Å². The molecule has 0 aromatic heterocycles. The Hall–Kier alpha value is -1.30. The Labute approximate surface area is 215 Å². The molecule has 2 heterocycles. The fraction of sp³-hybridized carbons (Fsp3) is 0.806. The third kappa shape index (κ3) is 2.59. The zero-order valence-electron chi connectivity index (χ0n) is 22.1. The van der Waals surface area contributed by atoms with Gasteiger partial charge in [-0.2, -0.15) is 0 Å². The van der Waals surface area contributed by atoms with E-state index in [9.17, 15) is 5.11 Å². The van der Waals surface area contributed by atoms with Crippen molar-refractivity contribution >= 4 is 0 Å². The number of aliphatic hydroxyl groups is 1. The molecule has 0 unspecified atom stereocenters. The summed E-state index contributed by atoms with van der Waals surface area (Å²) in [5.41, 5.74) is 2.64. The van der Waals surface area contributed by atoms with Gasteiger partial charge in [-0.1, -0.05) is 25.3 Å². The van der Waals surface area contributed by atoms with Gasteiger partial charge in [-0.15, -0.1) is 0 Å². The fourth-order valence-electron chi connectivity index (χ4n) is 10.8. The molecular formula is C31H43NO4. The SMILES string of the molecule is COc1ccc2c3c1O[C@H]1[C@@]4(OC)CC[C@@]5(C[C@@H]4[C@@H](O)C4CCCCC4)[C@@H](C2)N(CC2CC2)CC[C@]315. The summed E-state index contributed by atoms with van der Waals surface area (Å²) in [7, 11) is 3.68. The molecule has 6 fully saturated rings. The number of nitrogens with zero attached hydrogens (tertiary/aromatic N) is 1. The molecule has 196 valence electrons. The standard InChI is InChI=1S/C31H43NO4/c1-34-23-11-10-21-16-24-29-12-13-31(35-2,22(17-29)26(33)20-6-4-3-5-7-20)28-30(29,25(21)27(23)36-28)14-15-32(24)18-19-8-9-19/h10-11,19-20,22,24,26,28,33H,3-9,12-18H2,1-2H3/t22-,24-,26+,28-,29-,30+,31-/m1/s1. The van der Waals surface area contributed by atoms with E-state index in [1.807, 2.05) is 7.11 Å². The quantitative estimate of drug-likeness (QED) is 0.613. The summed E-state index contributed by atoms with van der Waals surface area (Å²) >= 11 is 0. The van der Waals surface area contributed by atoms with Gasteiger partial charge in [0.15, 0.2) is 11.5 Å². The second kappa shape index (κ2) is 7.64. The maximum Gasteiger partial charge on any atom is 0.165 e. The first kappa shape index (κ1) is 22.7. The Kier molecular flexibility index (Phi) is 4.81. The van der Waals surface area contributed by atoms with Crippen molar-refractivity contribution in [3.05, 3.63) is 23.3 Å². The van der Waals surface area contributed by atoms with Gasteiger partial charge in [0.25, 0.3) is 0 Å². The van der Waals surface area contributed by atoms with Gasteiger partial charge in [0, 0.05) is 42.0 Å². The number of hydrogen-bond acceptors (Lipinski definition) is 5. The highest BCUT2D eigenvalue weighted by Gasteiger charge is 2.81. The van der Waals surface area contributed by atoms with E-state index in [1.54, 1.807) is 7.11 Å². The number of ether oxygens (including phenoxy) is 3. The third-order valence-electron chi connectivity index (χ3n) is 12.5. The molecule has 1 aromatic rings. The molecule has 7 atom stereocenters. The normalized spacial score (nSPS) is 43.7. The molecule has 2 spiro atoms. The van der Waals surface area contributed by atoms with Crippen LogP contribution in [0.3, 0.4) is 0 Å². The van der Waals surface area contributed by atoms with Gasteiger partial charge in [-0.25, -0.2) is 0 Å². The number of aliphatic hydroxyl groups excluding tert-OH is 1. The minimum atomic E-state index is -0.430. The van der Waals surface area contributed by atoms with Crippen LogP contribution in [0.4, 0.5) is 0 Å². The highest BCUT2D eigenvalue weighted by molar-refractivity contribution is 5.63. The lowest BCUT2D eigenvalue weighted by Gasteiger charge is -2.74. The van der Waals surface area contributed by atoms with Gasteiger partial charge in [-0.3, -0.25) is 4.90 Å². The first-order valence-corrected chi connectivity index (χ1v) is 14.9. The van der Waals surface area contributed by atoms with Crippen molar-refractivity contribution in [1.29, 1.82) is 0 Å². The highest BCUT2D eigenvalue weighted by atomic mass is 16.6. The molecule has 8 aliphatic rings. The van der Waals surface area contributed by atoms with Crippen LogP contribution in [-0.2, 0) is 16.6 Å². The van der Waals surface area contributed by atoms with Gasteiger partial charge in [0.05, 0.1) is 13.2 Å². The maximum absolute atomic E-state index is 12.1. The van der Waals surface area contributed by atoms with Crippen LogP contribution in [0.25, 0.3) is 0 Å².